The number of fused-ring (bicyclic) bond motifs is 1. The van der Waals surface area contributed by atoms with Crippen molar-refractivity contribution in [3.8, 4) is 6.07 Å². The zero-order valence-corrected chi connectivity index (χ0v) is 13.2. The molecule has 0 amide bonds. The molecule has 3 rings (SSSR count). The minimum Gasteiger partial charge on any atom is -0.476 e. The predicted octanol–water partition coefficient (Wildman–Crippen LogP) is 3.58. The summed E-state index contributed by atoms with van der Waals surface area (Å²) in [7, 11) is 0. The minimum atomic E-state index is -2.61. The van der Waals surface area contributed by atoms with Crippen molar-refractivity contribution in [3.63, 3.8) is 0 Å². The van der Waals surface area contributed by atoms with Gasteiger partial charge in [0.2, 0.25) is 5.92 Å². The second-order valence-corrected chi connectivity index (χ2v) is 6.41. The highest BCUT2D eigenvalue weighted by Crippen LogP contribution is 2.38. The summed E-state index contributed by atoms with van der Waals surface area (Å²) in [6.07, 6.45) is 0.817. The Hall–Kier alpha value is -2.49. The van der Waals surface area contributed by atoms with E-state index in [4.69, 9.17) is 5.26 Å². The van der Waals surface area contributed by atoms with E-state index < -0.39 is 11.9 Å². The van der Waals surface area contributed by atoms with Crippen LogP contribution in [0.2, 0.25) is 0 Å². The monoisotopic (exact) mass is 333 g/mol. The van der Waals surface area contributed by atoms with Gasteiger partial charge >= 0.3 is 5.97 Å². The van der Waals surface area contributed by atoms with Crippen LogP contribution >= 0.6 is 0 Å². The highest BCUT2D eigenvalue weighted by molar-refractivity contribution is 5.88. The normalized spacial score (nSPS) is 17.8. The zero-order valence-electron chi connectivity index (χ0n) is 13.2. The molecule has 0 spiro atoms. The Kier molecular flexibility index (Phi) is 3.99. The van der Waals surface area contributed by atoms with Gasteiger partial charge in [-0.2, -0.15) is 5.26 Å². The van der Waals surface area contributed by atoms with Crippen LogP contribution in [0.25, 0.3) is 5.65 Å². The van der Waals surface area contributed by atoms with Gasteiger partial charge in [-0.15, -0.1) is 0 Å². The van der Waals surface area contributed by atoms with E-state index in [-0.39, 0.29) is 24.5 Å². The van der Waals surface area contributed by atoms with Crippen molar-refractivity contribution in [2.24, 2.45) is 5.92 Å². The Morgan fingerprint density at radius 2 is 2.12 bits per heavy atom. The number of carboxylic acid groups (broad SMARTS) is 1. The van der Waals surface area contributed by atoms with Crippen molar-refractivity contribution in [2.45, 2.75) is 45.0 Å². The van der Waals surface area contributed by atoms with Gasteiger partial charge in [0.05, 0.1) is 17.3 Å². The summed E-state index contributed by atoms with van der Waals surface area (Å²) in [5.41, 5.74) is 1.98. The van der Waals surface area contributed by atoms with E-state index in [0.717, 1.165) is 0 Å². The minimum absolute atomic E-state index is 0.0117. The molecule has 0 unspecified atom stereocenters. The van der Waals surface area contributed by atoms with E-state index in [1.54, 1.807) is 17.4 Å². The van der Waals surface area contributed by atoms with Gasteiger partial charge < -0.3 is 9.51 Å². The maximum Gasteiger partial charge on any atom is 0.356 e. The summed E-state index contributed by atoms with van der Waals surface area (Å²) >= 11 is 0. The van der Waals surface area contributed by atoms with Gasteiger partial charge in [0, 0.05) is 18.5 Å². The summed E-state index contributed by atoms with van der Waals surface area (Å²) in [5, 5.41) is 18.5. The molecule has 0 aromatic carbocycles. The van der Waals surface area contributed by atoms with Crippen LogP contribution in [0, 0.1) is 24.2 Å². The third-order valence-electron chi connectivity index (χ3n) is 4.65. The van der Waals surface area contributed by atoms with Crippen molar-refractivity contribution < 1.29 is 18.7 Å². The number of imidazole rings is 1. The Morgan fingerprint density at radius 1 is 1.46 bits per heavy atom. The van der Waals surface area contributed by atoms with E-state index in [1.165, 1.54) is 6.07 Å². The molecule has 5 nitrogen and oxygen atoms in total. The molecule has 7 heteroatoms. The molecule has 0 saturated heterocycles. The third kappa shape index (κ3) is 2.96. The number of pyridine rings is 1. The molecule has 1 aliphatic carbocycles. The van der Waals surface area contributed by atoms with E-state index in [0.29, 0.717) is 41.9 Å². The summed E-state index contributed by atoms with van der Waals surface area (Å²) < 4.78 is 28.4. The lowest BCUT2D eigenvalue weighted by atomic mass is 9.83. The van der Waals surface area contributed by atoms with Gasteiger partial charge in [-0.05, 0) is 44.2 Å². The van der Waals surface area contributed by atoms with E-state index >= 15 is 0 Å². The largest absolute Gasteiger partial charge is 0.476 e. The van der Waals surface area contributed by atoms with Crippen molar-refractivity contribution in [1.82, 2.24) is 9.38 Å². The topological polar surface area (TPSA) is 78.4 Å². The zero-order chi connectivity index (χ0) is 17.5. The first-order chi connectivity index (χ1) is 11.3. The number of hydrogen-bond acceptors (Lipinski definition) is 3. The highest BCUT2D eigenvalue weighted by Gasteiger charge is 2.35. The van der Waals surface area contributed by atoms with Gasteiger partial charge in [-0.25, -0.2) is 18.6 Å². The molecule has 2 aromatic rings. The SMILES string of the molecule is Cc1cc(C#N)cc2nc(C(=O)O)c(CC3CCC(F)(F)CC3)n12. The fourth-order valence-electron chi connectivity index (χ4n) is 3.44. The van der Waals surface area contributed by atoms with Crippen LogP contribution in [0.5, 0.6) is 0 Å². The van der Waals surface area contributed by atoms with Gasteiger partial charge in [0.1, 0.15) is 5.65 Å². The molecule has 2 aromatic heterocycles. The second-order valence-electron chi connectivity index (χ2n) is 6.41. The molecule has 0 bridgehead atoms. The summed E-state index contributed by atoms with van der Waals surface area (Å²) in [6.45, 7) is 1.78. The molecule has 0 atom stereocenters. The molecule has 2 heterocycles. The van der Waals surface area contributed by atoms with Gasteiger partial charge in [-0.1, -0.05) is 0 Å². The van der Waals surface area contributed by atoms with Crippen LogP contribution in [0.3, 0.4) is 0 Å². The number of halogens is 2. The Morgan fingerprint density at radius 3 is 2.71 bits per heavy atom. The average Bonchev–Trinajstić information content (AvgIpc) is 2.88. The van der Waals surface area contributed by atoms with Crippen LogP contribution in [-0.2, 0) is 6.42 Å². The van der Waals surface area contributed by atoms with Crippen LogP contribution in [0.1, 0.15) is 53.1 Å². The summed E-state index contributed by atoms with van der Waals surface area (Å²) in [6, 6.07) is 5.23. The Labute approximate surface area is 137 Å². The molecule has 1 fully saturated rings. The lowest BCUT2D eigenvalue weighted by molar-refractivity contribution is -0.0457. The molecule has 24 heavy (non-hydrogen) atoms. The molecule has 0 aliphatic heterocycles. The number of rotatable bonds is 3. The predicted molar refractivity (Wildman–Crippen MR) is 82.2 cm³/mol. The van der Waals surface area contributed by atoms with Crippen molar-refractivity contribution >= 4 is 11.6 Å². The molecule has 0 radical (unpaired) electrons. The summed E-state index contributed by atoms with van der Waals surface area (Å²) in [5.74, 6) is -3.74. The number of aromatic carboxylic acids is 1. The first-order valence-corrected chi connectivity index (χ1v) is 7.84. The van der Waals surface area contributed by atoms with Crippen LogP contribution in [-0.4, -0.2) is 26.4 Å². The average molecular weight is 333 g/mol. The van der Waals surface area contributed by atoms with Gasteiger partial charge in [0.15, 0.2) is 5.69 Å². The Bertz CT molecular complexity index is 842. The Balaban J connectivity index is 2.01. The number of carboxylic acids is 1. The number of nitriles is 1. The van der Waals surface area contributed by atoms with Crippen LogP contribution in [0.15, 0.2) is 12.1 Å². The third-order valence-corrected chi connectivity index (χ3v) is 4.65. The van der Waals surface area contributed by atoms with Gasteiger partial charge in [0.25, 0.3) is 0 Å². The maximum atomic E-state index is 13.3. The van der Waals surface area contributed by atoms with Crippen molar-refractivity contribution in [2.75, 3.05) is 0 Å². The van der Waals surface area contributed by atoms with Crippen LogP contribution in [0.4, 0.5) is 8.78 Å². The number of alkyl halides is 2. The lowest BCUT2D eigenvalue weighted by Crippen LogP contribution is -2.26. The second kappa shape index (κ2) is 5.86. The quantitative estimate of drug-likeness (QED) is 0.931. The summed E-state index contributed by atoms with van der Waals surface area (Å²) in [4.78, 5) is 15.7. The fraction of sp³-hybridized carbons (Fsp3) is 0.471. The number of aryl methyl sites for hydroxylation is 1. The standard InChI is InChI=1S/C17H17F2N3O2/c1-10-6-12(9-20)8-14-21-15(16(23)24)13(22(10)14)7-11-2-4-17(18,19)5-3-11/h6,8,11H,2-5,7H2,1H3,(H,23,24). The molecular formula is C17H17F2N3O2. The van der Waals surface area contributed by atoms with E-state index in [2.05, 4.69) is 4.98 Å². The molecule has 1 N–H and O–H groups in total. The van der Waals surface area contributed by atoms with E-state index in [9.17, 15) is 18.7 Å². The van der Waals surface area contributed by atoms with Crippen LogP contribution < -0.4 is 0 Å². The molecular weight excluding hydrogens is 316 g/mol. The van der Waals surface area contributed by atoms with Gasteiger partial charge in [-0.3, -0.25) is 0 Å². The first kappa shape index (κ1) is 16.4. The first-order valence-electron chi connectivity index (χ1n) is 7.84. The molecule has 1 saturated carbocycles. The number of aromatic nitrogens is 2. The fourth-order valence-corrected chi connectivity index (χ4v) is 3.44. The van der Waals surface area contributed by atoms with Crippen molar-refractivity contribution in [1.29, 1.82) is 5.26 Å². The number of nitrogens with zero attached hydrogens (tertiary/aromatic N) is 3. The highest BCUT2D eigenvalue weighted by atomic mass is 19.3. The number of hydrogen-bond donors (Lipinski definition) is 1. The maximum absolute atomic E-state index is 13.3. The molecule has 1 aliphatic rings. The smallest absolute Gasteiger partial charge is 0.356 e. The van der Waals surface area contributed by atoms with Crippen molar-refractivity contribution in [3.05, 3.63) is 34.8 Å². The number of carbonyl (C=O) groups is 1. The van der Waals surface area contributed by atoms with E-state index in [1.807, 2.05) is 6.07 Å². The lowest BCUT2D eigenvalue weighted by Gasteiger charge is -2.28. The molecule has 126 valence electrons.